The molecule has 23 heavy (non-hydrogen) atoms. The fourth-order valence-corrected chi connectivity index (χ4v) is 3.39. The lowest BCUT2D eigenvalue weighted by atomic mass is 9.89. The molecule has 0 spiro atoms. The summed E-state index contributed by atoms with van der Waals surface area (Å²) in [6.45, 7) is 2.18. The number of rotatable bonds is 3. The number of hydrogen-bond donors (Lipinski definition) is 1. The lowest BCUT2D eigenvalue weighted by Gasteiger charge is -2.28. The Labute approximate surface area is 135 Å². The van der Waals surface area contributed by atoms with E-state index in [0.717, 1.165) is 36.8 Å². The zero-order valence-electron chi connectivity index (χ0n) is 13.8. The maximum absolute atomic E-state index is 12.1. The Hall–Kier alpha value is -1.89. The monoisotopic (exact) mass is 317 g/mol. The van der Waals surface area contributed by atoms with Crippen molar-refractivity contribution in [2.75, 3.05) is 27.2 Å². The molecule has 3 rings (SSSR count). The summed E-state index contributed by atoms with van der Waals surface area (Å²) in [6, 6.07) is 5.49. The maximum Gasteiger partial charge on any atom is 0.303 e. The van der Waals surface area contributed by atoms with Crippen LogP contribution >= 0.6 is 0 Å². The number of fused-ring (bicyclic) bond motifs is 1. The molecular weight excluding hydrogens is 294 g/mol. The second kappa shape index (κ2) is 6.31. The van der Waals surface area contributed by atoms with Crippen molar-refractivity contribution in [2.24, 2.45) is 7.05 Å². The first-order valence-electron chi connectivity index (χ1n) is 7.86. The fourth-order valence-electron chi connectivity index (χ4n) is 3.39. The molecule has 1 N–H and O–H groups in total. The first-order valence-corrected chi connectivity index (χ1v) is 7.86. The average molecular weight is 317 g/mol. The number of aromatic nitrogens is 1. The van der Waals surface area contributed by atoms with E-state index in [9.17, 15) is 10.0 Å². The highest BCUT2D eigenvalue weighted by atomic mass is 16.9. The van der Waals surface area contributed by atoms with Crippen LogP contribution in [0.3, 0.4) is 0 Å². The number of amides is 1. The third-order valence-corrected chi connectivity index (χ3v) is 4.77. The number of hydrogen-bond acceptors (Lipinski definition) is 4. The van der Waals surface area contributed by atoms with Crippen molar-refractivity contribution in [2.45, 2.75) is 18.8 Å². The molecule has 1 aromatic heterocycles. The number of carbonyl (C=O) groups is 1. The van der Waals surface area contributed by atoms with Crippen LogP contribution < -0.4 is 0 Å². The van der Waals surface area contributed by atoms with Crippen molar-refractivity contribution >= 4 is 16.8 Å². The number of piperidine rings is 1. The number of carbonyl (C=O) groups excluding carboxylic acids is 1. The van der Waals surface area contributed by atoms with Gasteiger partial charge in [-0.15, -0.1) is 0 Å². The molecule has 1 amide bonds. The number of benzene rings is 1. The zero-order valence-corrected chi connectivity index (χ0v) is 13.8. The van der Waals surface area contributed by atoms with Crippen LogP contribution in [0.1, 0.15) is 34.7 Å². The lowest BCUT2D eigenvalue weighted by Crippen LogP contribution is -2.29. The van der Waals surface area contributed by atoms with Gasteiger partial charge >= 0.3 is 5.91 Å². The van der Waals surface area contributed by atoms with E-state index in [0.29, 0.717) is 11.5 Å². The van der Waals surface area contributed by atoms with Gasteiger partial charge in [0.1, 0.15) is 0 Å². The smallest absolute Gasteiger partial charge is 0.303 e. The van der Waals surface area contributed by atoms with Crippen LogP contribution in [0.25, 0.3) is 10.9 Å². The molecule has 6 nitrogen and oxygen atoms in total. The zero-order chi connectivity index (χ0) is 16.6. The van der Waals surface area contributed by atoms with E-state index in [1.165, 1.54) is 12.7 Å². The Balaban J connectivity index is 2.00. The minimum Gasteiger partial charge on any atom is -0.350 e. The van der Waals surface area contributed by atoms with Gasteiger partial charge in [0.2, 0.25) is 0 Å². The number of aryl methyl sites for hydroxylation is 1. The molecule has 1 aliphatic heterocycles. The van der Waals surface area contributed by atoms with E-state index in [2.05, 4.69) is 27.5 Å². The van der Waals surface area contributed by atoms with Crippen LogP contribution in [-0.4, -0.2) is 53.1 Å². The molecule has 0 saturated carbocycles. The molecule has 0 unspecified atom stereocenters. The van der Waals surface area contributed by atoms with Gasteiger partial charge < -0.3 is 9.47 Å². The maximum atomic E-state index is 12.1. The predicted molar refractivity (Wildman–Crippen MR) is 87.4 cm³/mol. The van der Waals surface area contributed by atoms with E-state index in [1.807, 2.05) is 19.2 Å². The highest BCUT2D eigenvalue weighted by Gasteiger charge is 2.23. The van der Waals surface area contributed by atoms with E-state index < -0.39 is 5.91 Å². The van der Waals surface area contributed by atoms with Crippen molar-refractivity contribution in [1.29, 1.82) is 0 Å². The highest BCUT2D eigenvalue weighted by Crippen LogP contribution is 2.34. The van der Waals surface area contributed by atoms with Crippen LogP contribution in [0.5, 0.6) is 0 Å². The molecular formula is C17H23N3O3. The Morgan fingerprint density at radius 3 is 2.65 bits per heavy atom. The first-order chi connectivity index (χ1) is 11.0. The molecule has 6 heteroatoms. The molecule has 1 fully saturated rings. The predicted octanol–water partition coefficient (Wildman–Crippen LogP) is 2.38. The van der Waals surface area contributed by atoms with Gasteiger partial charge in [-0.2, -0.15) is 0 Å². The van der Waals surface area contributed by atoms with Crippen LogP contribution in [0.4, 0.5) is 0 Å². The van der Waals surface area contributed by atoms with Gasteiger partial charge in [-0.1, -0.05) is 5.23 Å². The van der Waals surface area contributed by atoms with E-state index in [1.54, 1.807) is 6.07 Å². The molecule has 1 saturated heterocycles. The second-order valence-corrected chi connectivity index (χ2v) is 6.27. The van der Waals surface area contributed by atoms with Crippen molar-refractivity contribution in [1.82, 2.24) is 14.7 Å². The molecule has 0 bridgehead atoms. The van der Waals surface area contributed by atoms with E-state index in [4.69, 9.17) is 0 Å². The summed E-state index contributed by atoms with van der Waals surface area (Å²) in [5, 5.41) is 10.8. The molecule has 0 radical (unpaired) electrons. The fraction of sp³-hybridized carbons (Fsp3) is 0.471. The van der Waals surface area contributed by atoms with Crippen LogP contribution in [0, 0.1) is 0 Å². The quantitative estimate of drug-likeness (QED) is 0.697. The molecule has 0 aliphatic carbocycles. The standard InChI is InChI=1S/C17H23N3O3/c1-18-8-6-12(7-9-18)15-11-19(2)16-5-4-13(10-14(15)16)17(21)20(22)23-3/h4-5,10-12,22H,6-9H2,1-3H3. The third-order valence-electron chi connectivity index (χ3n) is 4.77. The Morgan fingerprint density at radius 2 is 2.00 bits per heavy atom. The highest BCUT2D eigenvalue weighted by molar-refractivity contribution is 5.98. The van der Waals surface area contributed by atoms with Crippen molar-refractivity contribution in [3.05, 3.63) is 35.5 Å². The lowest BCUT2D eigenvalue weighted by molar-refractivity contribution is -0.280. The van der Waals surface area contributed by atoms with Gasteiger partial charge in [0, 0.05) is 29.7 Å². The minimum atomic E-state index is -0.562. The number of likely N-dealkylation sites (tertiary alicyclic amines) is 1. The van der Waals surface area contributed by atoms with Gasteiger partial charge in [0.05, 0.1) is 7.11 Å². The van der Waals surface area contributed by atoms with Gasteiger partial charge in [-0.3, -0.25) is 10.0 Å². The summed E-state index contributed by atoms with van der Waals surface area (Å²) in [5.74, 6) is -0.0551. The second-order valence-electron chi connectivity index (χ2n) is 6.27. The molecule has 1 aliphatic rings. The molecule has 2 heterocycles. The number of nitrogens with zero attached hydrogens (tertiary/aromatic N) is 3. The molecule has 124 valence electrons. The van der Waals surface area contributed by atoms with Crippen molar-refractivity contribution in [3.63, 3.8) is 0 Å². The Bertz CT molecular complexity index is 717. The van der Waals surface area contributed by atoms with Crippen LogP contribution in [-0.2, 0) is 11.9 Å². The Morgan fingerprint density at radius 1 is 1.30 bits per heavy atom. The van der Waals surface area contributed by atoms with Gasteiger partial charge in [-0.05, 0) is 62.7 Å². The molecule has 2 aromatic rings. The third kappa shape index (κ3) is 2.97. The summed E-state index contributed by atoms with van der Waals surface area (Å²) >= 11 is 0. The SMILES string of the molecule is CON(O)C(=O)c1ccc2c(c1)c(C1CCN(C)CC1)cn2C. The summed E-state index contributed by atoms with van der Waals surface area (Å²) < 4.78 is 2.10. The van der Waals surface area contributed by atoms with Gasteiger partial charge in [-0.25, -0.2) is 4.84 Å². The Kier molecular flexibility index (Phi) is 4.39. The summed E-state index contributed by atoms with van der Waals surface area (Å²) in [4.78, 5) is 19.0. The van der Waals surface area contributed by atoms with E-state index in [-0.39, 0.29) is 5.23 Å². The van der Waals surface area contributed by atoms with Gasteiger partial charge in [0.25, 0.3) is 0 Å². The molecule has 1 aromatic carbocycles. The summed E-state index contributed by atoms with van der Waals surface area (Å²) in [7, 11) is 5.43. The average Bonchev–Trinajstić information content (AvgIpc) is 2.90. The largest absolute Gasteiger partial charge is 0.350 e. The minimum absolute atomic E-state index is 0.263. The van der Waals surface area contributed by atoms with Crippen LogP contribution in [0.2, 0.25) is 0 Å². The first kappa shape index (κ1) is 16.0. The van der Waals surface area contributed by atoms with Gasteiger partial charge in [0.15, 0.2) is 0 Å². The summed E-state index contributed by atoms with van der Waals surface area (Å²) in [5.41, 5.74) is 2.80. The normalized spacial score (nSPS) is 16.9. The number of hydroxylamine groups is 2. The van der Waals surface area contributed by atoms with Crippen molar-refractivity contribution in [3.8, 4) is 0 Å². The van der Waals surface area contributed by atoms with Crippen LogP contribution in [0.15, 0.2) is 24.4 Å². The molecule has 0 atom stereocenters. The topological polar surface area (TPSA) is 57.9 Å². The summed E-state index contributed by atoms with van der Waals surface area (Å²) in [6.07, 6.45) is 4.41. The van der Waals surface area contributed by atoms with Crippen molar-refractivity contribution < 1.29 is 14.8 Å². The van der Waals surface area contributed by atoms with E-state index >= 15 is 0 Å².